The van der Waals surface area contributed by atoms with Crippen LogP contribution in [0.1, 0.15) is 18.2 Å². The van der Waals surface area contributed by atoms with Gasteiger partial charge in [-0.2, -0.15) is 0 Å². The van der Waals surface area contributed by atoms with Gasteiger partial charge in [-0.15, -0.1) is 0 Å². The summed E-state index contributed by atoms with van der Waals surface area (Å²) in [6.45, 7) is 3.96. The van der Waals surface area contributed by atoms with Gasteiger partial charge in [0.25, 0.3) is 0 Å². The molecule has 1 aromatic heterocycles. The van der Waals surface area contributed by atoms with Crippen molar-refractivity contribution in [2.45, 2.75) is 20.1 Å². The number of nitrogens with one attached hydrogen (secondary N) is 1. The van der Waals surface area contributed by atoms with Crippen LogP contribution >= 0.6 is 0 Å². The van der Waals surface area contributed by atoms with Gasteiger partial charge in [0, 0.05) is 24.4 Å². The summed E-state index contributed by atoms with van der Waals surface area (Å²) in [4.78, 5) is 3.32. The Bertz CT molecular complexity index is 448. The molecule has 15 heavy (non-hydrogen) atoms. The molecule has 0 radical (unpaired) electrons. The molecule has 0 atom stereocenters. The Morgan fingerprint density at radius 3 is 2.93 bits per heavy atom. The van der Waals surface area contributed by atoms with Gasteiger partial charge >= 0.3 is 0 Å². The highest BCUT2D eigenvalue weighted by atomic mass is 16.5. The van der Waals surface area contributed by atoms with E-state index in [0.29, 0.717) is 13.2 Å². The second-order valence-electron chi connectivity index (χ2n) is 3.56. The molecule has 80 valence electrons. The quantitative estimate of drug-likeness (QED) is 0.801. The predicted octanol–water partition coefficient (Wildman–Crippen LogP) is 2.16. The number of hydrogen-bond acceptors (Lipinski definition) is 2. The summed E-state index contributed by atoms with van der Waals surface area (Å²) in [6, 6.07) is 8.35. The molecule has 3 N–H and O–H groups in total. The molecule has 0 amide bonds. The van der Waals surface area contributed by atoms with Gasteiger partial charge in [0.1, 0.15) is 0 Å². The molecule has 0 saturated carbocycles. The van der Waals surface area contributed by atoms with Gasteiger partial charge in [-0.05, 0) is 30.0 Å². The highest BCUT2D eigenvalue weighted by Gasteiger charge is 2.01. The molecule has 0 aliphatic carbocycles. The fourth-order valence-electron chi connectivity index (χ4n) is 1.65. The maximum Gasteiger partial charge on any atom is 0.0865 e. The monoisotopic (exact) mass is 204 g/mol. The Morgan fingerprint density at radius 1 is 1.33 bits per heavy atom. The van der Waals surface area contributed by atoms with E-state index in [1.165, 1.54) is 5.39 Å². The minimum atomic E-state index is 0.579. The van der Waals surface area contributed by atoms with Crippen LogP contribution < -0.4 is 5.73 Å². The largest absolute Gasteiger partial charge is 0.376 e. The zero-order chi connectivity index (χ0) is 10.7. The average Bonchev–Trinajstić information content (AvgIpc) is 2.67. The van der Waals surface area contributed by atoms with Crippen LogP contribution in [-0.4, -0.2) is 11.6 Å². The Morgan fingerprint density at radius 2 is 2.20 bits per heavy atom. The van der Waals surface area contributed by atoms with Gasteiger partial charge in [-0.3, -0.25) is 0 Å². The van der Waals surface area contributed by atoms with Crippen LogP contribution in [0.2, 0.25) is 0 Å². The molecule has 1 aromatic carbocycles. The smallest absolute Gasteiger partial charge is 0.0865 e. The Kier molecular flexibility index (Phi) is 3.04. The maximum atomic E-state index is 5.59. The Hall–Kier alpha value is -1.32. The third-order valence-corrected chi connectivity index (χ3v) is 2.44. The van der Waals surface area contributed by atoms with E-state index in [1.54, 1.807) is 0 Å². The van der Waals surface area contributed by atoms with Gasteiger partial charge < -0.3 is 15.5 Å². The third-order valence-electron chi connectivity index (χ3n) is 2.44. The highest BCUT2D eigenvalue weighted by Crippen LogP contribution is 2.17. The van der Waals surface area contributed by atoms with E-state index in [1.807, 2.05) is 6.92 Å². The number of aromatic nitrogens is 1. The summed E-state index contributed by atoms with van der Waals surface area (Å²) in [5.41, 5.74) is 8.98. The van der Waals surface area contributed by atoms with Crippen molar-refractivity contribution >= 4 is 10.9 Å². The lowest BCUT2D eigenvalue weighted by Crippen LogP contribution is -1.95. The number of aromatic amines is 1. The number of fused-ring (bicyclic) bond motifs is 1. The van der Waals surface area contributed by atoms with E-state index in [0.717, 1.165) is 23.4 Å². The number of H-pyrrole nitrogens is 1. The van der Waals surface area contributed by atoms with Crippen molar-refractivity contribution in [3.63, 3.8) is 0 Å². The van der Waals surface area contributed by atoms with Gasteiger partial charge in [-0.1, -0.05) is 12.1 Å². The van der Waals surface area contributed by atoms with E-state index >= 15 is 0 Å². The first-order valence-electron chi connectivity index (χ1n) is 5.22. The lowest BCUT2D eigenvalue weighted by molar-refractivity contribution is 0.132. The van der Waals surface area contributed by atoms with Crippen LogP contribution in [0.3, 0.4) is 0 Å². The van der Waals surface area contributed by atoms with Crippen molar-refractivity contribution in [3.8, 4) is 0 Å². The molecule has 0 fully saturated rings. The minimum Gasteiger partial charge on any atom is -0.376 e. The zero-order valence-corrected chi connectivity index (χ0v) is 8.92. The first-order valence-corrected chi connectivity index (χ1v) is 5.22. The molecular weight excluding hydrogens is 188 g/mol. The molecule has 0 saturated heterocycles. The molecule has 2 aromatic rings. The molecule has 3 heteroatoms. The molecule has 0 spiro atoms. The lowest BCUT2D eigenvalue weighted by atomic mass is 10.2. The summed E-state index contributed by atoms with van der Waals surface area (Å²) < 4.78 is 5.35. The third kappa shape index (κ3) is 2.19. The molecular formula is C12H16N2O. The first-order chi connectivity index (χ1) is 7.33. The molecule has 0 bridgehead atoms. The van der Waals surface area contributed by atoms with Crippen LogP contribution in [0.25, 0.3) is 10.9 Å². The molecule has 3 nitrogen and oxygen atoms in total. The summed E-state index contributed by atoms with van der Waals surface area (Å²) >= 11 is 0. The number of hydrogen-bond donors (Lipinski definition) is 2. The van der Waals surface area contributed by atoms with Gasteiger partial charge in [0.15, 0.2) is 0 Å². The normalized spacial score (nSPS) is 11.1. The highest BCUT2D eigenvalue weighted by molar-refractivity contribution is 5.81. The Labute approximate surface area is 89.2 Å². The van der Waals surface area contributed by atoms with Crippen LogP contribution in [0.15, 0.2) is 24.3 Å². The fraction of sp³-hybridized carbons (Fsp3) is 0.333. The fourth-order valence-corrected chi connectivity index (χ4v) is 1.65. The molecule has 0 aliphatic heterocycles. The minimum absolute atomic E-state index is 0.579. The second-order valence-corrected chi connectivity index (χ2v) is 3.56. The number of ether oxygens (including phenoxy) is 1. The van der Waals surface area contributed by atoms with Crippen LogP contribution in [0.5, 0.6) is 0 Å². The molecule has 0 aliphatic rings. The zero-order valence-electron chi connectivity index (χ0n) is 8.92. The van der Waals surface area contributed by atoms with Crippen molar-refractivity contribution in [2.24, 2.45) is 5.73 Å². The van der Waals surface area contributed by atoms with Gasteiger partial charge in [0.2, 0.25) is 0 Å². The summed E-state index contributed by atoms with van der Waals surface area (Å²) in [7, 11) is 0. The van der Waals surface area contributed by atoms with Gasteiger partial charge in [0.05, 0.1) is 6.61 Å². The van der Waals surface area contributed by atoms with Crippen molar-refractivity contribution in [1.29, 1.82) is 0 Å². The first kappa shape index (κ1) is 10.2. The van der Waals surface area contributed by atoms with Crippen molar-refractivity contribution in [2.75, 3.05) is 6.61 Å². The van der Waals surface area contributed by atoms with E-state index in [-0.39, 0.29) is 0 Å². The SMILES string of the molecule is CCOCc1cc2ccc(CN)cc2[nH]1. The predicted molar refractivity (Wildman–Crippen MR) is 61.5 cm³/mol. The van der Waals surface area contributed by atoms with E-state index in [2.05, 4.69) is 29.2 Å². The number of nitrogens with two attached hydrogens (primary N) is 1. The van der Waals surface area contributed by atoms with Crippen molar-refractivity contribution in [3.05, 3.63) is 35.5 Å². The number of rotatable bonds is 4. The summed E-state index contributed by atoms with van der Waals surface area (Å²) in [5.74, 6) is 0. The second kappa shape index (κ2) is 4.47. The lowest BCUT2D eigenvalue weighted by Gasteiger charge is -1.96. The van der Waals surface area contributed by atoms with Crippen molar-refractivity contribution < 1.29 is 4.74 Å². The summed E-state index contributed by atoms with van der Waals surface area (Å²) in [6.07, 6.45) is 0. The van der Waals surface area contributed by atoms with E-state index in [4.69, 9.17) is 10.5 Å². The molecule has 0 unspecified atom stereocenters. The van der Waals surface area contributed by atoms with E-state index < -0.39 is 0 Å². The standard InChI is InChI=1S/C12H16N2O/c1-2-15-8-11-6-10-4-3-9(7-13)5-12(10)14-11/h3-6,14H,2,7-8,13H2,1H3. The van der Waals surface area contributed by atoms with Crippen LogP contribution in [0.4, 0.5) is 0 Å². The average molecular weight is 204 g/mol. The van der Waals surface area contributed by atoms with Gasteiger partial charge in [-0.25, -0.2) is 0 Å². The molecule has 2 rings (SSSR count). The topological polar surface area (TPSA) is 51.0 Å². The van der Waals surface area contributed by atoms with Crippen LogP contribution in [0, 0.1) is 0 Å². The van der Waals surface area contributed by atoms with E-state index in [9.17, 15) is 0 Å². The van der Waals surface area contributed by atoms with Crippen LogP contribution in [-0.2, 0) is 17.9 Å². The summed E-state index contributed by atoms with van der Waals surface area (Å²) in [5, 5.41) is 1.21. The Balaban J connectivity index is 2.29. The molecule has 1 heterocycles. The number of benzene rings is 1. The van der Waals surface area contributed by atoms with Crippen molar-refractivity contribution in [1.82, 2.24) is 4.98 Å². The maximum absolute atomic E-state index is 5.59.